The number of hydrogen-bond donors (Lipinski definition) is 2. The normalized spacial score (nSPS) is 10.2. The van der Waals surface area contributed by atoms with Crippen molar-refractivity contribution in [2.24, 2.45) is 5.73 Å². The van der Waals surface area contributed by atoms with Crippen LogP contribution < -0.4 is 11.1 Å². The molecule has 1 aromatic heterocycles. The first-order valence-corrected chi connectivity index (χ1v) is 5.70. The average molecular weight is 296 g/mol. The van der Waals surface area contributed by atoms with Crippen LogP contribution >= 0.6 is 15.9 Å². The maximum Gasteiger partial charge on any atom is 0.293 e. The molecule has 0 aliphatic rings. The molecule has 0 fully saturated rings. The highest BCUT2D eigenvalue weighted by Crippen LogP contribution is 2.16. The number of rotatable bonds is 3. The van der Waals surface area contributed by atoms with E-state index < -0.39 is 0 Å². The number of oxazole rings is 1. The predicted octanol–water partition coefficient (Wildman–Crippen LogP) is 2.15. The third-order valence-corrected chi connectivity index (χ3v) is 2.53. The minimum absolute atomic E-state index is 0.144. The topological polar surface area (TPSA) is 81.1 Å². The van der Waals surface area contributed by atoms with Crippen molar-refractivity contribution in [2.75, 3.05) is 5.32 Å². The summed E-state index contributed by atoms with van der Waals surface area (Å²) in [6.07, 6.45) is 1.36. The molecule has 0 unspecified atom stereocenters. The van der Waals surface area contributed by atoms with Crippen molar-refractivity contribution in [1.29, 1.82) is 0 Å². The maximum absolute atomic E-state index is 11.8. The fourth-order valence-electron chi connectivity index (χ4n) is 1.27. The molecule has 0 aliphatic carbocycles. The summed E-state index contributed by atoms with van der Waals surface area (Å²) in [5.74, 6) is 0.130. The van der Waals surface area contributed by atoms with Gasteiger partial charge in [0.2, 0.25) is 11.7 Å². The Morgan fingerprint density at radius 3 is 3.00 bits per heavy atom. The summed E-state index contributed by atoms with van der Waals surface area (Å²) in [7, 11) is 0. The number of amides is 1. The van der Waals surface area contributed by atoms with Gasteiger partial charge in [-0.25, -0.2) is 4.98 Å². The molecule has 0 radical (unpaired) electrons. The van der Waals surface area contributed by atoms with E-state index >= 15 is 0 Å². The first kappa shape index (κ1) is 11.8. The van der Waals surface area contributed by atoms with Crippen LogP contribution in [0.15, 0.2) is 39.4 Å². The molecule has 0 spiro atoms. The van der Waals surface area contributed by atoms with E-state index in [4.69, 9.17) is 10.2 Å². The molecule has 2 aromatic rings. The van der Waals surface area contributed by atoms with Gasteiger partial charge in [-0.05, 0) is 18.2 Å². The number of carbonyl (C=O) groups excluding carboxylic acids is 1. The molecule has 0 aliphatic heterocycles. The molecule has 0 saturated carbocycles. The highest BCUT2D eigenvalue weighted by Gasteiger charge is 2.11. The van der Waals surface area contributed by atoms with Crippen molar-refractivity contribution in [3.63, 3.8) is 0 Å². The van der Waals surface area contributed by atoms with E-state index in [1.54, 1.807) is 12.1 Å². The highest BCUT2D eigenvalue weighted by molar-refractivity contribution is 9.10. The van der Waals surface area contributed by atoms with Crippen molar-refractivity contribution in [3.05, 3.63) is 46.6 Å². The summed E-state index contributed by atoms with van der Waals surface area (Å²) in [5, 5.41) is 2.69. The SMILES string of the molecule is NCc1ncc(C(=O)Nc2cccc(Br)c2)o1. The summed E-state index contributed by atoms with van der Waals surface area (Å²) in [6.45, 7) is 0.171. The van der Waals surface area contributed by atoms with E-state index in [0.717, 1.165) is 4.47 Å². The number of halogens is 1. The average Bonchev–Trinajstić information content (AvgIpc) is 2.77. The third kappa shape index (κ3) is 2.92. The van der Waals surface area contributed by atoms with Crippen LogP contribution in [0.2, 0.25) is 0 Å². The Balaban J connectivity index is 2.11. The van der Waals surface area contributed by atoms with E-state index in [2.05, 4.69) is 26.2 Å². The zero-order valence-corrected chi connectivity index (χ0v) is 10.4. The third-order valence-electron chi connectivity index (χ3n) is 2.03. The Labute approximate surface area is 106 Å². The lowest BCUT2D eigenvalue weighted by Crippen LogP contribution is -2.10. The maximum atomic E-state index is 11.8. The highest BCUT2D eigenvalue weighted by atomic mass is 79.9. The predicted molar refractivity (Wildman–Crippen MR) is 66.5 cm³/mol. The summed E-state index contributed by atoms with van der Waals surface area (Å²) < 4.78 is 6.02. The van der Waals surface area contributed by atoms with Gasteiger partial charge in [0, 0.05) is 10.2 Å². The van der Waals surface area contributed by atoms with Gasteiger partial charge in [0.1, 0.15) is 0 Å². The Hall–Kier alpha value is -1.66. The zero-order chi connectivity index (χ0) is 12.3. The van der Waals surface area contributed by atoms with Gasteiger partial charge in [-0.3, -0.25) is 4.79 Å². The van der Waals surface area contributed by atoms with Crippen LogP contribution in [-0.2, 0) is 6.54 Å². The van der Waals surface area contributed by atoms with Crippen LogP contribution in [0.1, 0.15) is 16.4 Å². The molecular formula is C11H10BrN3O2. The lowest BCUT2D eigenvalue weighted by molar-refractivity contribution is 0.0995. The molecule has 1 amide bonds. The second-order valence-corrected chi connectivity index (χ2v) is 4.20. The number of nitrogens with two attached hydrogens (primary N) is 1. The summed E-state index contributed by atoms with van der Waals surface area (Å²) >= 11 is 3.32. The van der Waals surface area contributed by atoms with Gasteiger partial charge in [-0.1, -0.05) is 22.0 Å². The van der Waals surface area contributed by atoms with Crippen LogP contribution in [0.4, 0.5) is 5.69 Å². The number of benzene rings is 1. The van der Waals surface area contributed by atoms with Crippen molar-refractivity contribution in [1.82, 2.24) is 4.98 Å². The van der Waals surface area contributed by atoms with Crippen LogP contribution in [0, 0.1) is 0 Å². The van der Waals surface area contributed by atoms with E-state index in [1.807, 2.05) is 12.1 Å². The van der Waals surface area contributed by atoms with E-state index in [9.17, 15) is 4.79 Å². The molecule has 0 atom stereocenters. The zero-order valence-electron chi connectivity index (χ0n) is 8.81. The molecule has 2 rings (SSSR count). The molecule has 0 bridgehead atoms. The van der Waals surface area contributed by atoms with Gasteiger partial charge in [0.25, 0.3) is 5.91 Å². The first-order valence-electron chi connectivity index (χ1n) is 4.91. The minimum atomic E-state index is -0.352. The Kier molecular flexibility index (Phi) is 3.55. The van der Waals surface area contributed by atoms with E-state index in [-0.39, 0.29) is 18.2 Å². The molecule has 6 heteroatoms. The lowest BCUT2D eigenvalue weighted by Gasteiger charge is -2.02. The van der Waals surface area contributed by atoms with E-state index in [0.29, 0.717) is 11.6 Å². The Bertz CT molecular complexity index is 539. The van der Waals surface area contributed by atoms with Gasteiger partial charge in [-0.15, -0.1) is 0 Å². The van der Waals surface area contributed by atoms with Crippen molar-refractivity contribution in [3.8, 4) is 0 Å². The molecule has 88 valence electrons. The Morgan fingerprint density at radius 1 is 1.53 bits per heavy atom. The minimum Gasteiger partial charge on any atom is -0.434 e. The fraction of sp³-hybridized carbons (Fsp3) is 0.0909. The smallest absolute Gasteiger partial charge is 0.293 e. The largest absolute Gasteiger partial charge is 0.434 e. The van der Waals surface area contributed by atoms with Crippen LogP contribution in [-0.4, -0.2) is 10.9 Å². The number of carbonyl (C=O) groups is 1. The quantitative estimate of drug-likeness (QED) is 0.909. The molecule has 1 heterocycles. The number of nitrogens with one attached hydrogen (secondary N) is 1. The molecule has 17 heavy (non-hydrogen) atoms. The lowest BCUT2D eigenvalue weighted by atomic mass is 10.3. The first-order chi connectivity index (χ1) is 8.19. The summed E-state index contributed by atoms with van der Waals surface area (Å²) in [6, 6.07) is 7.27. The van der Waals surface area contributed by atoms with Crippen LogP contribution in [0.3, 0.4) is 0 Å². The fourth-order valence-corrected chi connectivity index (χ4v) is 1.67. The number of aromatic nitrogens is 1. The van der Waals surface area contributed by atoms with Gasteiger partial charge in [-0.2, -0.15) is 0 Å². The standard InChI is InChI=1S/C11H10BrN3O2/c12-7-2-1-3-8(4-7)15-11(16)9-6-14-10(5-13)17-9/h1-4,6H,5,13H2,(H,15,16). The molecule has 1 aromatic carbocycles. The number of hydrogen-bond acceptors (Lipinski definition) is 4. The van der Waals surface area contributed by atoms with Crippen molar-refractivity contribution in [2.45, 2.75) is 6.54 Å². The molecule has 5 nitrogen and oxygen atoms in total. The second kappa shape index (κ2) is 5.11. The summed E-state index contributed by atoms with van der Waals surface area (Å²) in [4.78, 5) is 15.6. The van der Waals surface area contributed by atoms with Gasteiger partial charge >= 0.3 is 0 Å². The molecule has 0 saturated heterocycles. The van der Waals surface area contributed by atoms with Crippen molar-refractivity contribution < 1.29 is 9.21 Å². The number of nitrogens with zero attached hydrogens (tertiary/aromatic N) is 1. The van der Waals surface area contributed by atoms with E-state index in [1.165, 1.54) is 6.20 Å². The van der Waals surface area contributed by atoms with Crippen LogP contribution in [0.5, 0.6) is 0 Å². The Morgan fingerprint density at radius 2 is 2.35 bits per heavy atom. The van der Waals surface area contributed by atoms with Crippen molar-refractivity contribution >= 4 is 27.5 Å². The molecular weight excluding hydrogens is 286 g/mol. The second-order valence-electron chi connectivity index (χ2n) is 3.29. The van der Waals surface area contributed by atoms with Gasteiger partial charge < -0.3 is 15.5 Å². The van der Waals surface area contributed by atoms with Gasteiger partial charge in [0.05, 0.1) is 12.7 Å². The molecule has 3 N–H and O–H groups in total. The van der Waals surface area contributed by atoms with Crippen LogP contribution in [0.25, 0.3) is 0 Å². The van der Waals surface area contributed by atoms with Gasteiger partial charge in [0.15, 0.2) is 0 Å². The summed E-state index contributed by atoms with van der Waals surface area (Å²) in [5.41, 5.74) is 6.02. The number of anilines is 1. The monoisotopic (exact) mass is 295 g/mol.